The summed E-state index contributed by atoms with van der Waals surface area (Å²) < 4.78 is 37.6. The van der Waals surface area contributed by atoms with Gasteiger partial charge in [-0.25, -0.2) is 0 Å². The zero-order valence-electron chi connectivity index (χ0n) is 16.5. The van der Waals surface area contributed by atoms with Crippen LogP contribution in [0, 0.1) is 6.92 Å². The van der Waals surface area contributed by atoms with E-state index in [1.54, 1.807) is 24.4 Å². The Morgan fingerprint density at radius 3 is 1.91 bits per heavy atom. The Hall–Kier alpha value is -3.92. The molecule has 33 heavy (non-hydrogen) atoms. The van der Waals surface area contributed by atoms with Crippen LogP contribution in [0.4, 0.5) is 18.9 Å². The average Bonchev–Trinajstić information content (AvgIpc) is 3.16. The Bertz CT molecular complexity index is 1900. The van der Waals surface area contributed by atoms with Crippen LogP contribution in [0.25, 0.3) is 41.7 Å². The minimum Gasteiger partial charge on any atom is -0.318 e. The van der Waals surface area contributed by atoms with E-state index in [2.05, 4.69) is 0 Å². The van der Waals surface area contributed by atoms with Crippen molar-refractivity contribution in [1.29, 1.82) is 0 Å². The van der Waals surface area contributed by atoms with E-state index in [0.29, 0.717) is 0 Å². The second-order valence-electron chi connectivity index (χ2n) is 7.59. The quantitative estimate of drug-likeness (QED) is 0.406. The molecule has 1 heterocycles. The fourth-order valence-corrected chi connectivity index (χ4v) is 5.16. The van der Waals surface area contributed by atoms with Crippen LogP contribution in [-0.4, -0.2) is 12.1 Å². The summed E-state index contributed by atoms with van der Waals surface area (Å²) in [5.74, 6) is -2.24. The molecule has 0 aliphatic carbocycles. The van der Waals surface area contributed by atoms with Crippen molar-refractivity contribution in [2.75, 3.05) is 5.32 Å². The van der Waals surface area contributed by atoms with E-state index >= 15 is 0 Å². The molecular formula is C23H10F3NO5S. The number of thiophene rings is 1. The zero-order valence-corrected chi connectivity index (χ0v) is 17.4. The van der Waals surface area contributed by atoms with E-state index in [1.807, 2.05) is 0 Å². The average molecular weight is 469 g/mol. The molecule has 0 atom stereocenters. The minimum atomic E-state index is -5.14. The Balaban J connectivity index is 1.91. The smallest absolute Gasteiger partial charge is 0.318 e. The number of alkyl halides is 3. The Labute approximate surface area is 184 Å². The maximum absolute atomic E-state index is 13.3. The van der Waals surface area contributed by atoms with Crippen molar-refractivity contribution in [2.24, 2.45) is 0 Å². The highest BCUT2D eigenvalue weighted by molar-refractivity contribution is 7.25. The van der Waals surface area contributed by atoms with Crippen molar-refractivity contribution in [3.63, 3.8) is 0 Å². The molecule has 0 spiro atoms. The van der Waals surface area contributed by atoms with E-state index in [0.717, 1.165) is 35.1 Å². The van der Waals surface area contributed by atoms with Gasteiger partial charge in [-0.3, -0.25) is 24.0 Å². The summed E-state index contributed by atoms with van der Waals surface area (Å²) in [7, 11) is 0. The van der Waals surface area contributed by atoms with Gasteiger partial charge in [0.1, 0.15) is 0 Å². The van der Waals surface area contributed by atoms with Gasteiger partial charge in [-0.2, -0.15) is 13.2 Å². The highest BCUT2D eigenvalue weighted by Gasteiger charge is 2.38. The molecule has 5 rings (SSSR count). The van der Waals surface area contributed by atoms with Gasteiger partial charge in [0, 0.05) is 27.2 Å². The number of anilines is 1. The number of carbonyl (C=O) groups excluding carboxylic acids is 1. The summed E-state index contributed by atoms with van der Waals surface area (Å²) in [6.45, 7) is 1.76. The fraction of sp³-hybridized carbons (Fsp3) is 0.0870. The van der Waals surface area contributed by atoms with E-state index in [-0.39, 0.29) is 47.4 Å². The van der Waals surface area contributed by atoms with E-state index in [1.165, 1.54) is 6.07 Å². The second-order valence-corrected chi connectivity index (χ2v) is 8.61. The van der Waals surface area contributed by atoms with Crippen LogP contribution in [0.5, 0.6) is 0 Å². The minimum absolute atomic E-state index is 0.0248. The van der Waals surface area contributed by atoms with Gasteiger partial charge in [0.15, 0.2) is 10.9 Å². The van der Waals surface area contributed by atoms with Crippen LogP contribution in [0.15, 0.2) is 55.6 Å². The fourth-order valence-electron chi connectivity index (χ4n) is 3.95. The predicted octanol–water partition coefficient (Wildman–Crippen LogP) is 3.49. The van der Waals surface area contributed by atoms with Gasteiger partial charge in [0.05, 0.1) is 20.2 Å². The molecule has 0 saturated heterocycles. The number of hydrogen-bond acceptors (Lipinski definition) is 6. The molecule has 10 heteroatoms. The Morgan fingerprint density at radius 2 is 1.27 bits per heavy atom. The number of carbonyl (C=O) groups is 1. The predicted molar refractivity (Wildman–Crippen MR) is 121 cm³/mol. The van der Waals surface area contributed by atoms with Gasteiger partial charge in [0.25, 0.3) is 0 Å². The maximum Gasteiger partial charge on any atom is 0.471 e. The van der Waals surface area contributed by atoms with Crippen molar-refractivity contribution in [3.8, 4) is 0 Å². The van der Waals surface area contributed by atoms with Crippen molar-refractivity contribution in [2.45, 2.75) is 13.1 Å². The number of halogens is 3. The largest absolute Gasteiger partial charge is 0.471 e. The van der Waals surface area contributed by atoms with Gasteiger partial charge in [0.2, 0.25) is 10.9 Å². The molecule has 1 N–H and O–H groups in total. The molecule has 0 bridgehead atoms. The first kappa shape index (κ1) is 21.0. The molecule has 164 valence electrons. The lowest BCUT2D eigenvalue weighted by molar-refractivity contribution is -0.167. The van der Waals surface area contributed by atoms with E-state index < -0.39 is 33.8 Å². The third kappa shape index (κ3) is 2.98. The molecular weight excluding hydrogens is 459 g/mol. The summed E-state index contributed by atoms with van der Waals surface area (Å²) in [4.78, 5) is 63.9. The molecule has 6 nitrogen and oxygen atoms in total. The van der Waals surface area contributed by atoms with Crippen LogP contribution < -0.4 is 27.0 Å². The molecule has 1 aromatic heterocycles. The SMILES string of the molecule is Cc1ccc2c(=O)c3c(sc4c(=O)c5ccc(NC(=O)C(F)(F)F)cc5c(=O)c43)c(=O)c2c1. The number of aryl methyl sites for hydroxylation is 1. The third-order valence-corrected chi connectivity index (χ3v) is 6.65. The first-order valence-electron chi connectivity index (χ1n) is 9.47. The Morgan fingerprint density at radius 1 is 0.758 bits per heavy atom. The monoisotopic (exact) mass is 469 g/mol. The summed E-state index contributed by atoms with van der Waals surface area (Å²) in [5, 5.41) is 1.15. The van der Waals surface area contributed by atoms with E-state index in [9.17, 15) is 37.1 Å². The zero-order chi connectivity index (χ0) is 23.8. The van der Waals surface area contributed by atoms with Gasteiger partial charge in [-0.05, 0) is 31.2 Å². The van der Waals surface area contributed by atoms with Gasteiger partial charge in [-0.15, -0.1) is 11.3 Å². The summed E-state index contributed by atoms with van der Waals surface area (Å²) in [6, 6.07) is 7.84. The number of nitrogens with one attached hydrogen (secondary N) is 1. The molecule has 4 aromatic carbocycles. The van der Waals surface area contributed by atoms with Crippen molar-refractivity contribution >= 4 is 64.6 Å². The molecule has 0 unspecified atom stereocenters. The van der Waals surface area contributed by atoms with Crippen molar-refractivity contribution in [1.82, 2.24) is 0 Å². The van der Waals surface area contributed by atoms with Crippen molar-refractivity contribution < 1.29 is 18.0 Å². The molecule has 0 saturated carbocycles. The van der Waals surface area contributed by atoms with Crippen LogP contribution in [0.1, 0.15) is 5.56 Å². The molecule has 0 radical (unpaired) electrons. The summed E-state index contributed by atoms with van der Waals surface area (Å²) >= 11 is 0.753. The number of benzene rings is 4. The van der Waals surface area contributed by atoms with Gasteiger partial charge >= 0.3 is 12.1 Å². The van der Waals surface area contributed by atoms with Crippen molar-refractivity contribution in [3.05, 3.63) is 82.9 Å². The lowest BCUT2D eigenvalue weighted by atomic mass is 10.0. The Kier molecular flexibility index (Phi) is 4.31. The standard InChI is InChI=1S/C23H10F3NO5S/c1-8-2-4-10-12(6-8)19(31)21-14(16(10)28)15-17(29)13-7-9(27-22(32)23(24,25)26)3-5-11(13)18(30)20(15)33-21/h2-7H,1H3,(H,27,32). The normalized spacial score (nSPS) is 12.2. The summed E-state index contributed by atoms with van der Waals surface area (Å²) in [5.41, 5.74) is -2.06. The highest BCUT2D eigenvalue weighted by Crippen LogP contribution is 2.30. The van der Waals surface area contributed by atoms with Crippen LogP contribution in [0.2, 0.25) is 0 Å². The lowest BCUT2D eigenvalue weighted by Gasteiger charge is -2.08. The molecule has 0 aliphatic heterocycles. The third-order valence-electron chi connectivity index (χ3n) is 5.46. The molecule has 5 aromatic rings. The highest BCUT2D eigenvalue weighted by atomic mass is 32.1. The molecule has 0 aliphatic rings. The molecule has 0 fully saturated rings. The number of fused-ring (bicyclic) bond motifs is 5. The topological polar surface area (TPSA) is 97.4 Å². The first-order valence-corrected chi connectivity index (χ1v) is 10.3. The maximum atomic E-state index is 13.3. The van der Waals surface area contributed by atoms with Crippen LogP contribution in [0.3, 0.4) is 0 Å². The van der Waals surface area contributed by atoms with Crippen LogP contribution >= 0.6 is 11.3 Å². The second kappa shape index (κ2) is 6.79. The molecule has 1 amide bonds. The first-order chi connectivity index (χ1) is 15.5. The number of rotatable bonds is 1. The number of hydrogen-bond donors (Lipinski definition) is 1. The van der Waals surface area contributed by atoms with Crippen LogP contribution in [-0.2, 0) is 4.79 Å². The lowest BCUT2D eigenvalue weighted by Crippen LogP contribution is -2.30. The van der Waals surface area contributed by atoms with Gasteiger partial charge in [-0.1, -0.05) is 17.7 Å². The van der Waals surface area contributed by atoms with Gasteiger partial charge < -0.3 is 5.32 Å². The summed E-state index contributed by atoms with van der Waals surface area (Å²) in [6.07, 6.45) is -5.14. The number of amides is 1. The van der Waals surface area contributed by atoms with E-state index in [4.69, 9.17) is 0 Å².